The summed E-state index contributed by atoms with van der Waals surface area (Å²) in [5.41, 5.74) is 3.21. The summed E-state index contributed by atoms with van der Waals surface area (Å²) in [5.74, 6) is 1.48. The monoisotopic (exact) mass is 324 g/mol. The highest BCUT2D eigenvalue weighted by atomic mass is 16.7. The van der Waals surface area contributed by atoms with Crippen molar-refractivity contribution in [3.63, 3.8) is 0 Å². The maximum absolute atomic E-state index is 12.8. The number of rotatable bonds is 2. The van der Waals surface area contributed by atoms with Gasteiger partial charge in [0.15, 0.2) is 11.5 Å². The number of para-hydroxylation sites is 1. The van der Waals surface area contributed by atoms with Crippen molar-refractivity contribution < 1.29 is 14.3 Å². The molecule has 2 atom stereocenters. The standard InChI is InChI=1S/C19H20N2O3/c1-12-9-15-5-3-4-6-16(15)21(12)19(22)20-13(2)14-7-8-17-18(10-14)24-11-23-17/h3-8,10,12-13H,9,11H2,1-2H3,(H,20,22). The number of hydrogen-bond donors (Lipinski definition) is 1. The predicted molar refractivity (Wildman–Crippen MR) is 91.6 cm³/mol. The zero-order valence-electron chi connectivity index (χ0n) is 13.8. The Morgan fingerprint density at radius 2 is 2.00 bits per heavy atom. The van der Waals surface area contributed by atoms with Crippen LogP contribution in [-0.2, 0) is 6.42 Å². The molecule has 0 bridgehead atoms. The van der Waals surface area contributed by atoms with Crippen LogP contribution in [0.4, 0.5) is 10.5 Å². The molecule has 5 nitrogen and oxygen atoms in total. The summed E-state index contributed by atoms with van der Waals surface area (Å²) >= 11 is 0. The van der Waals surface area contributed by atoms with E-state index in [2.05, 4.69) is 18.3 Å². The van der Waals surface area contributed by atoms with Crippen LogP contribution in [0.2, 0.25) is 0 Å². The Hall–Kier alpha value is -2.69. The lowest BCUT2D eigenvalue weighted by molar-refractivity contribution is 0.174. The van der Waals surface area contributed by atoms with Crippen molar-refractivity contribution in [1.29, 1.82) is 0 Å². The SMILES string of the molecule is CC(NC(=O)N1c2ccccc2CC1C)c1ccc2c(c1)OCO2. The lowest BCUT2D eigenvalue weighted by Crippen LogP contribution is -2.44. The molecule has 0 spiro atoms. The summed E-state index contributed by atoms with van der Waals surface area (Å²) in [6.45, 7) is 4.30. The lowest BCUT2D eigenvalue weighted by atomic mass is 10.1. The number of benzene rings is 2. The Labute approximate surface area is 141 Å². The van der Waals surface area contributed by atoms with Gasteiger partial charge in [-0.3, -0.25) is 4.90 Å². The van der Waals surface area contributed by atoms with Gasteiger partial charge in [0.1, 0.15) is 0 Å². The molecule has 2 unspecified atom stereocenters. The Morgan fingerprint density at radius 1 is 1.21 bits per heavy atom. The smallest absolute Gasteiger partial charge is 0.322 e. The third kappa shape index (κ3) is 2.46. The van der Waals surface area contributed by atoms with Crippen molar-refractivity contribution in [3.8, 4) is 11.5 Å². The number of hydrogen-bond acceptors (Lipinski definition) is 3. The first-order chi connectivity index (χ1) is 11.6. The van der Waals surface area contributed by atoms with Gasteiger partial charge in [0, 0.05) is 11.7 Å². The third-order valence-electron chi connectivity index (χ3n) is 4.66. The molecule has 2 aliphatic rings. The molecule has 4 rings (SSSR count). The molecule has 0 saturated heterocycles. The highest BCUT2D eigenvalue weighted by molar-refractivity contribution is 5.95. The number of nitrogens with zero attached hydrogens (tertiary/aromatic N) is 1. The Balaban J connectivity index is 1.52. The molecule has 2 aromatic rings. The van der Waals surface area contributed by atoms with E-state index in [-0.39, 0.29) is 24.9 Å². The maximum atomic E-state index is 12.8. The number of ether oxygens (including phenoxy) is 2. The van der Waals surface area contributed by atoms with E-state index in [1.54, 1.807) is 0 Å². The minimum Gasteiger partial charge on any atom is -0.454 e. The summed E-state index contributed by atoms with van der Waals surface area (Å²) < 4.78 is 10.7. The van der Waals surface area contributed by atoms with Crippen LogP contribution in [0.5, 0.6) is 11.5 Å². The van der Waals surface area contributed by atoms with Crippen LogP contribution < -0.4 is 19.7 Å². The van der Waals surface area contributed by atoms with Crippen molar-refractivity contribution in [2.45, 2.75) is 32.4 Å². The van der Waals surface area contributed by atoms with Crippen molar-refractivity contribution in [3.05, 3.63) is 53.6 Å². The Kier molecular flexibility index (Phi) is 3.56. The first-order valence-electron chi connectivity index (χ1n) is 8.20. The van der Waals surface area contributed by atoms with E-state index in [9.17, 15) is 4.79 Å². The van der Waals surface area contributed by atoms with Crippen molar-refractivity contribution in [1.82, 2.24) is 5.32 Å². The van der Waals surface area contributed by atoms with E-state index < -0.39 is 0 Å². The normalized spacial score (nSPS) is 19.1. The molecule has 2 heterocycles. The van der Waals surface area contributed by atoms with Gasteiger partial charge in [-0.1, -0.05) is 24.3 Å². The number of fused-ring (bicyclic) bond motifs is 2. The van der Waals surface area contributed by atoms with Gasteiger partial charge in [-0.05, 0) is 49.6 Å². The molecule has 2 aliphatic heterocycles. The molecule has 0 fully saturated rings. The van der Waals surface area contributed by atoms with Crippen LogP contribution >= 0.6 is 0 Å². The van der Waals surface area contributed by atoms with E-state index in [4.69, 9.17) is 9.47 Å². The quantitative estimate of drug-likeness (QED) is 0.917. The van der Waals surface area contributed by atoms with Crippen LogP contribution in [-0.4, -0.2) is 18.9 Å². The minimum atomic E-state index is -0.119. The van der Waals surface area contributed by atoms with E-state index in [0.717, 1.165) is 29.2 Å². The van der Waals surface area contributed by atoms with E-state index in [0.29, 0.717) is 0 Å². The summed E-state index contributed by atoms with van der Waals surface area (Å²) in [7, 11) is 0. The Morgan fingerprint density at radius 3 is 2.88 bits per heavy atom. The number of nitrogens with one attached hydrogen (secondary N) is 1. The van der Waals surface area contributed by atoms with Gasteiger partial charge >= 0.3 is 6.03 Å². The average Bonchev–Trinajstić information content (AvgIpc) is 3.16. The van der Waals surface area contributed by atoms with E-state index in [1.807, 2.05) is 48.2 Å². The number of amides is 2. The topological polar surface area (TPSA) is 50.8 Å². The van der Waals surface area contributed by atoms with Crippen LogP contribution in [0.3, 0.4) is 0 Å². The molecule has 0 saturated carbocycles. The van der Waals surface area contributed by atoms with Gasteiger partial charge in [0.05, 0.1) is 6.04 Å². The van der Waals surface area contributed by atoms with Gasteiger partial charge in [-0.25, -0.2) is 4.79 Å². The molecule has 2 aromatic carbocycles. The highest BCUT2D eigenvalue weighted by Crippen LogP contribution is 2.35. The number of carbonyl (C=O) groups excluding carboxylic acids is 1. The number of carbonyl (C=O) groups is 1. The number of anilines is 1. The van der Waals surface area contributed by atoms with Gasteiger partial charge in [-0.15, -0.1) is 0 Å². The van der Waals surface area contributed by atoms with E-state index >= 15 is 0 Å². The van der Waals surface area contributed by atoms with Crippen molar-refractivity contribution >= 4 is 11.7 Å². The fourth-order valence-corrected chi connectivity index (χ4v) is 3.40. The van der Waals surface area contributed by atoms with Gasteiger partial charge in [-0.2, -0.15) is 0 Å². The second-order valence-corrected chi connectivity index (χ2v) is 6.34. The fraction of sp³-hybridized carbons (Fsp3) is 0.316. The second kappa shape index (κ2) is 5.74. The summed E-state index contributed by atoms with van der Waals surface area (Å²) in [6.07, 6.45) is 0.891. The predicted octanol–water partition coefficient (Wildman–Crippen LogP) is 3.64. The van der Waals surface area contributed by atoms with Crippen molar-refractivity contribution in [2.24, 2.45) is 0 Å². The molecule has 124 valence electrons. The second-order valence-electron chi connectivity index (χ2n) is 6.34. The minimum absolute atomic E-state index is 0.0717. The molecule has 0 aliphatic carbocycles. The molecule has 0 radical (unpaired) electrons. The third-order valence-corrected chi connectivity index (χ3v) is 4.66. The van der Waals surface area contributed by atoms with Gasteiger partial charge < -0.3 is 14.8 Å². The van der Waals surface area contributed by atoms with E-state index in [1.165, 1.54) is 5.56 Å². The lowest BCUT2D eigenvalue weighted by Gasteiger charge is -2.25. The molecular formula is C19H20N2O3. The summed E-state index contributed by atoms with van der Waals surface area (Å²) in [4.78, 5) is 14.6. The van der Waals surface area contributed by atoms with Crippen molar-refractivity contribution in [2.75, 3.05) is 11.7 Å². The first kappa shape index (κ1) is 14.9. The van der Waals surface area contributed by atoms with Crippen LogP contribution in [0.1, 0.15) is 31.0 Å². The first-order valence-corrected chi connectivity index (χ1v) is 8.20. The summed E-state index contributed by atoms with van der Waals surface area (Å²) in [6, 6.07) is 13.8. The van der Waals surface area contributed by atoms with Crippen LogP contribution in [0, 0.1) is 0 Å². The van der Waals surface area contributed by atoms with Gasteiger partial charge in [0.2, 0.25) is 6.79 Å². The van der Waals surface area contributed by atoms with Crippen LogP contribution in [0.25, 0.3) is 0 Å². The highest BCUT2D eigenvalue weighted by Gasteiger charge is 2.31. The zero-order valence-corrected chi connectivity index (χ0v) is 13.8. The van der Waals surface area contributed by atoms with Gasteiger partial charge in [0.25, 0.3) is 0 Å². The molecule has 1 N–H and O–H groups in total. The zero-order chi connectivity index (χ0) is 16.7. The molecule has 5 heteroatoms. The molecule has 24 heavy (non-hydrogen) atoms. The average molecular weight is 324 g/mol. The number of urea groups is 1. The molecule has 0 aromatic heterocycles. The molecule has 2 amide bonds. The molecular weight excluding hydrogens is 304 g/mol. The largest absolute Gasteiger partial charge is 0.454 e. The summed E-state index contributed by atoms with van der Waals surface area (Å²) in [5, 5.41) is 3.09. The maximum Gasteiger partial charge on any atom is 0.322 e. The fourth-order valence-electron chi connectivity index (χ4n) is 3.40. The Bertz CT molecular complexity index is 790. The van der Waals surface area contributed by atoms with Crippen LogP contribution in [0.15, 0.2) is 42.5 Å².